The smallest absolute Gasteiger partial charge is 0.326 e. The minimum atomic E-state index is -1.34. The van der Waals surface area contributed by atoms with Crippen molar-refractivity contribution in [2.75, 3.05) is 6.54 Å². The number of nitriles is 1. The molecule has 0 aliphatic carbocycles. The number of rotatable bonds is 5. The van der Waals surface area contributed by atoms with Crippen LogP contribution < -0.4 is 4.74 Å². The molecule has 1 saturated heterocycles. The Labute approximate surface area is 155 Å². The Kier molecular flexibility index (Phi) is 5.36. The summed E-state index contributed by atoms with van der Waals surface area (Å²) in [5.74, 6) is -1.20. The number of carbonyl (C=O) groups is 2. The van der Waals surface area contributed by atoms with Crippen molar-refractivity contribution in [2.24, 2.45) is 0 Å². The number of carbonyl (C=O) groups excluding carboxylic acids is 1. The summed E-state index contributed by atoms with van der Waals surface area (Å²) in [7, 11) is 0. The number of ether oxygens (including phenoxy) is 1. The van der Waals surface area contributed by atoms with Gasteiger partial charge in [0.2, 0.25) is 0 Å². The Morgan fingerprint density at radius 1 is 1.26 bits per heavy atom. The van der Waals surface area contributed by atoms with Crippen LogP contribution in [0.5, 0.6) is 5.75 Å². The largest absolute Gasteiger partial charge is 0.489 e. The van der Waals surface area contributed by atoms with Gasteiger partial charge in [-0.15, -0.1) is 0 Å². The first-order chi connectivity index (χ1) is 13.0. The van der Waals surface area contributed by atoms with Gasteiger partial charge in [0.25, 0.3) is 5.91 Å². The van der Waals surface area contributed by atoms with Gasteiger partial charge in [-0.2, -0.15) is 5.26 Å². The van der Waals surface area contributed by atoms with Crippen LogP contribution in [0.4, 0.5) is 4.39 Å². The minimum Gasteiger partial charge on any atom is -0.489 e. The van der Waals surface area contributed by atoms with Gasteiger partial charge in [-0.25, -0.2) is 9.18 Å². The van der Waals surface area contributed by atoms with Gasteiger partial charge in [-0.05, 0) is 35.9 Å². The molecule has 6 nitrogen and oxygen atoms in total. The van der Waals surface area contributed by atoms with Gasteiger partial charge in [-0.3, -0.25) is 4.79 Å². The third-order valence-electron chi connectivity index (χ3n) is 4.34. The first kappa shape index (κ1) is 18.4. The lowest BCUT2D eigenvalue weighted by atomic mass is 10.1. The third kappa shape index (κ3) is 4.23. The maximum Gasteiger partial charge on any atom is 0.326 e. The van der Waals surface area contributed by atoms with Crippen molar-refractivity contribution in [1.29, 1.82) is 5.26 Å². The second kappa shape index (κ2) is 7.87. The summed E-state index contributed by atoms with van der Waals surface area (Å²) in [6.07, 6.45) is -1.53. The fraction of sp³-hybridized carbons (Fsp3) is 0.250. The van der Waals surface area contributed by atoms with Gasteiger partial charge in [0.05, 0.1) is 18.2 Å². The number of amides is 1. The first-order valence-electron chi connectivity index (χ1n) is 8.37. The number of alkyl halides is 1. The first-order valence-corrected chi connectivity index (χ1v) is 8.37. The van der Waals surface area contributed by atoms with Crippen molar-refractivity contribution < 1.29 is 23.8 Å². The predicted molar refractivity (Wildman–Crippen MR) is 93.9 cm³/mol. The van der Waals surface area contributed by atoms with Crippen LogP contribution in [-0.2, 0) is 11.4 Å². The van der Waals surface area contributed by atoms with Crippen LogP contribution >= 0.6 is 0 Å². The van der Waals surface area contributed by atoms with E-state index in [2.05, 4.69) is 0 Å². The second-order valence-electron chi connectivity index (χ2n) is 6.27. The van der Waals surface area contributed by atoms with E-state index in [-0.39, 0.29) is 25.1 Å². The van der Waals surface area contributed by atoms with Crippen LogP contribution in [0.15, 0.2) is 48.5 Å². The summed E-state index contributed by atoms with van der Waals surface area (Å²) in [6.45, 7) is -0.0540. The zero-order valence-corrected chi connectivity index (χ0v) is 14.3. The van der Waals surface area contributed by atoms with Crippen LogP contribution in [0, 0.1) is 11.3 Å². The molecule has 1 aliphatic heterocycles. The molecule has 1 N–H and O–H groups in total. The van der Waals surface area contributed by atoms with E-state index in [9.17, 15) is 19.1 Å². The molecule has 27 heavy (non-hydrogen) atoms. The molecular weight excluding hydrogens is 351 g/mol. The fourth-order valence-electron chi connectivity index (χ4n) is 3.03. The normalized spacial score (nSPS) is 18.7. The van der Waals surface area contributed by atoms with Crippen LogP contribution in [0.1, 0.15) is 27.9 Å². The summed E-state index contributed by atoms with van der Waals surface area (Å²) in [5, 5.41) is 18.1. The predicted octanol–water partition coefficient (Wildman–Crippen LogP) is 2.77. The standard InChI is InChI=1S/C20H17FN2O4/c21-16-9-18(20(25)26)23(11-16)19(24)15-5-1-4-14(7-15)12-27-17-6-2-3-13(8-17)10-22/h1-8,16,18H,9,11-12H2,(H,25,26)/t16-,18-/m0/s1. The number of nitrogens with zero attached hydrogens (tertiary/aromatic N) is 2. The molecule has 0 bridgehead atoms. The molecule has 1 heterocycles. The zero-order valence-electron chi connectivity index (χ0n) is 14.3. The second-order valence-corrected chi connectivity index (χ2v) is 6.27. The average molecular weight is 368 g/mol. The molecule has 3 rings (SSSR count). The number of likely N-dealkylation sites (tertiary alicyclic amines) is 1. The van der Waals surface area contributed by atoms with Gasteiger partial charge in [0, 0.05) is 12.0 Å². The van der Waals surface area contributed by atoms with Gasteiger partial charge in [-0.1, -0.05) is 18.2 Å². The maximum atomic E-state index is 13.6. The molecule has 1 aliphatic rings. The van der Waals surface area contributed by atoms with Crippen molar-refractivity contribution in [1.82, 2.24) is 4.90 Å². The molecule has 1 fully saturated rings. The summed E-state index contributed by atoms with van der Waals surface area (Å²) < 4.78 is 19.3. The van der Waals surface area contributed by atoms with Crippen LogP contribution in [0.25, 0.3) is 0 Å². The Bertz CT molecular complexity index is 909. The molecule has 0 spiro atoms. The van der Waals surface area contributed by atoms with E-state index < -0.39 is 24.1 Å². The van der Waals surface area contributed by atoms with Crippen molar-refractivity contribution >= 4 is 11.9 Å². The molecule has 1 amide bonds. The Morgan fingerprint density at radius 2 is 2.04 bits per heavy atom. The molecule has 0 saturated carbocycles. The Balaban J connectivity index is 1.72. The van der Waals surface area contributed by atoms with E-state index in [0.29, 0.717) is 16.9 Å². The highest BCUT2D eigenvalue weighted by Crippen LogP contribution is 2.23. The number of benzene rings is 2. The average Bonchev–Trinajstić information content (AvgIpc) is 3.08. The summed E-state index contributed by atoms with van der Waals surface area (Å²) in [5.41, 5.74) is 1.46. The monoisotopic (exact) mass is 368 g/mol. The summed E-state index contributed by atoms with van der Waals surface area (Å²) in [6, 6.07) is 14.2. The fourth-order valence-corrected chi connectivity index (χ4v) is 3.03. The van der Waals surface area contributed by atoms with Crippen LogP contribution in [-0.4, -0.2) is 40.6 Å². The zero-order chi connectivity index (χ0) is 19.4. The van der Waals surface area contributed by atoms with E-state index in [1.165, 1.54) is 0 Å². The maximum absolute atomic E-state index is 13.6. The molecule has 0 radical (unpaired) electrons. The Morgan fingerprint density at radius 3 is 2.78 bits per heavy atom. The van der Waals surface area contributed by atoms with Crippen LogP contribution in [0.3, 0.4) is 0 Å². The number of aliphatic carboxylic acids is 1. The molecule has 0 aromatic heterocycles. The van der Waals surface area contributed by atoms with E-state index >= 15 is 0 Å². The van der Waals surface area contributed by atoms with E-state index in [0.717, 1.165) is 4.90 Å². The lowest BCUT2D eigenvalue weighted by molar-refractivity contribution is -0.141. The topological polar surface area (TPSA) is 90.6 Å². The number of halogens is 1. The lowest BCUT2D eigenvalue weighted by Crippen LogP contribution is -2.40. The number of carboxylic acids is 1. The number of carboxylic acid groups (broad SMARTS) is 1. The molecule has 2 aromatic rings. The highest BCUT2D eigenvalue weighted by Gasteiger charge is 2.40. The van der Waals surface area contributed by atoms with Gasteiger partial charge >= 0.3 is 5.97 Å². The van der Waals surface area contributed by atoms with Gasteiger partial charge in [0.15, 0.2) is 0 Å². The molecular formula is C20H17FN2O4. The highest BCUT2D eigenvalue weighted by molar-refractivity contribution is 5.97. The van der Waals surface area contributed by atoms with E-state index in [1.807, 2.05) is 6.07 Å². The summed E-state index contributed by atoms with van der Waals surface area (Å²) in [4.78, 5) is 25.0. The number of hydrogen-bond donors (Lipinski definition) is 1. The van der Waals surface area contributed by atoms with Crippen molar-refractivity contribution in [2.45, 2.75) is 25.2 Å². The molecule has 2 aromatic carbocycles. The quantitative estimate of drug-likeness (QED) is 0.876. The molecule has 0 unspecified atom stereocenters. The SMILES string of the molecule is N#Cc1cccc(OCc2cccc(C(=O)N3C[C@@H](F)C[C@H]3C(=O)O)c2)c1. The molecule has 7 heteroatoms. The molecule has 2 atom stereocenters. The number of hydrogen-bond acceptors (Lipinski definition) is 4. The van der Waals surface area contributed by atoms with Gasteiger partial charge < -0.3 is 14.7 Å². The van der Waals surface area contributed by atoms with Crippen molar-refractivity contribution in [3.63, 3.8) is 0 Å². The molecule has 138 valence electrons. The van der Waals surface area contributed by atoms with Gasteiger partial charge in [0.1, 0.15) is 24.6 Å². The van der Waals surface area contributed by atoms with Crippen molar-refractivity contribution in [3.8, 4) is 11.8 Å². The minimum absolute atomic E-state index is 0.171. The highest BCUT2D eigenvalue weighted by atomic mass is 19.1. The van der Waals surface area contributed by atoms with Crippen molar-refractivity contribution in [3.05, 3.63) is 65.2 Å². The Hall–Kier alpha value is -3.40. The summed E-state index contributed by atoms with van der Waals surface area (Å²) >= 11 is 0. The van der Waals surface area contributed by atoms with E-state index in [1.54, 1.807) is 48.5 Å². The lowest BCUT2D eigenvalue weighted by Gasteiger charge is -2.21. The third-order valence-corrected chi connectivity index (χ3v) is 4.34. The van der Waals surface area contributed by atoms with Crippen LogP contribution in [0.2, 0.25) is 0 Å². The van der Waals surface area contributed by atoms with E-state index in [4.69, 9.17) is 10.00 Å².